The lowest BCUT2D eigenvalue weighted by Crippen LogP contribution is -2.36. The number of esters is 1. The number of anilines is 2. The molecule has 7 heteroatoms. The minimum Gasteiger partial charge on any atom is -0.466 e. The number of nitrogens with zero attached hydrogens (tertiary/aromatic N) is 4. The molecule has 1 fully saturated rings. The smallest absolute Gasteiger partial charge is 0.309 e. The maximum atomic E-state index is 11.8. The number of allylic oxidation sites excluding steroid dienone is 2. The summed E-state index contributed by atoms with van der Waals surface area (Å²) in [7, 11) is 0. The van der Waals surface area contributed by atoms with E-state index in [0.717, 1.165) is 31.6 Å². The lowest BCUT2D eigenvalue weighted by molar-refractivity contribution is -0.148. The highest BCUT2D eigenvalue weighted by atomic mass is 16.5. The molecule has 132 valence electrons. The molecular weight excluding hydrogens is 330 g/mol. The van der Waals surface area contributed by atoms with Gasteiger partial charge in [0.2, 0.25) is 0 Å². The van der Waals surface area contributed by atoms with Gasteiger partial charge in [0, 0.05) is 24.5 Å². The van der Waals surface area contributed by atoms with E-state index in [-0.39, 0.29) is 23.2 Å². The van der Waals surface area contributed by atoms with Crippen molar-refractivity contribution in [2.24, 2.45) is 5.92 Å². The van der Waals surface area contributed by atoms with Gasteiger partial charge in [-0.05, 0) is 44.0 Å². The van der Waals surface area contributed by atoms with Gasteiger partial charge in [-0.15, -0.1) is 0 Å². The van der Waals surface area contributed by atoms with Crippen molar-refractivity contribution >= 4 is 17.3 Å². The summed E-state index contributed by atoms with van der Waals surface area (Å²) in [5.74, 6) is -0.154. The fraction of sp³-hybridized carbons (Fsp3) is 0.368. The number of hydrogen-bond acceptors (Lipinski definition) is 7. The third kappa shape index (κ3) is 4.53. The van der Waals surface area contributed by atoms with Gasteiger partial charge in [-0.3, -0.25) is 4.79 Å². The first-order valence-electron chi connectivity index (χ1n) is 8.36. The van der Waals surface area contributed by atoms with Crippen LogP contribution in [0.3, 0.4) is 0 Å². The molecule has 1 N–H and O–H groups in total. The summed E-state index contributed by atoms with van der Waals surface area (Å²) in [6.07, 6.45) is 1.52. The van der Waals surface area contributed by atoms with Crippen LogP contribution in [-0.2, 0) is 9.53 Å². The Morgan fingerprint density at radius 1 is 1.15 bits per heavy atom. The first kappa shape index (κ1) is 18.8. The zero-order valence-corrected chi connectivity index (χ0v) is 14.5. The van der Waals surface area contributed by atoms with Crippen LogP contribution in [0.1, 0.15) is 19.8 Å². The van der Waals surface area contributed by atoms with Crippen LogP contribution >= 0.6 is 0 Å². The van der Waals surface area contributed by atoms with Crippen LogP contribution in [0.15, 0.2) is 35.5 Å². The average Bonchev–Trinajstić information content (AvgIpc) is 2.69. The van der Waals surface area contributed by atoms with Gasteiger partial charge in [-0.2, -0.15) is 15.8 Å². The Labute approximate surface area is 152 Å². The molecule has 1 aliphatic heterocycles. The number of benzene rings is 1. The number of ether oxygens (including phenoxy) is 1. The third-order valence-corrected chi connectivity index (χ3v) is 4.20. The van der Waals surface area contributed by atoms with Gasteiger partial charge in [0.05, 0.1) is 12.5 Å². The Morgan fingerprint density at radius 2 is 1.77 bits per heavy atom. The molecule has 0 radical (unpaired) electrons. The van der Waals surface area contributed by atoms with Crippen molar-refractivity contribution in [2.45, 2.75) is 19.8 Å². The Bertz CT molecular complexity index is 784. The molecule has 0 spiro atoms. The van der Waals surface area contributed by atoms with E-state index in [2.05, 4.69) is 10.2 Å². The second-order valence-corrected chi connectivity index (χ2v) is 5.77. The molecule has 0 aliphatic carbocycles. The van der Waals surface area contributed by atoms with Crippen molar-refractivity contribution in [3.05, 3.63) is 35.5 Å². The quantitative estimate of drug-likeness (QED) is 0.642. The number of piperidine rings is 1. The van der Waals surface area contributed by atoms with Crippen molar-refractivity contribution in [3.8, 4) is 18.2 Å². The number of carbonyl (C=O) groups is 1. The Morgan fingerprint density at radius 3 is 2.27 bits per heavy atom. The summed E-state index contributed by atoms with van der Waals surface area (Å²) >= 11 is 0. The maximum absolute atomic E-state index is 11.8. The number of hydrogen-bond donors (Lipinski definition) is 1. The Hall–Kier alpha value is -3.50. The summed E-state index contributed by atoms with van der Waals surface area (Å²) in [5, 5.41) is 29.6. The highest BCUT2D eigenvalue weighted by Gasteiger charge is 2.26. The van der Waals surface area contributed by atoms with E-state index in [1.54, 1.807) is 24.3 Å². The first-order valence-corrected chi connectivity index (χ1v) is 8.36. The van der Waals surface area contributed by atoms with Gasteiger partial charge >= 0.3 is 5.97 Å². The van der Waals surface area contributed by atoms with Gasteiger partial charge in [0.15, 0.2) is 5.57 Å². The molecule has 1 aromatic rings. The summed E-state index contributed by atoms with van der Waals surface area (Å²) in [6.45, 7) is 3.76. The molecular formula is C19H19N5O2. The van der Waals surface area contributed by atoms with Gasteiger partial charge < -0.3 is 15.0 Å². The Kier molecular flexibility index (Phi) is 6.60. The van der Waals surface area contributed by atoms with Crippen molar-refractivity contribution in [2.75, 3.05) is 29.9 Å². The molecule has 1 heterocycles. The van der Waals surface area contributed by atoms with E-state index in [0.29, 0.717) is 12.3 Å². The molecule has 0 bridgehead atoms. The van der Waals surface area contributed by atoms with Crippen molar-refractivity contribution in [1.29, 1.82) is 15.8 Å². The normalized spacial score (nSPS) is 13.7. The molecule has 1 aliphatic rings. The summed E-state index contributed by atoms with van der Waals surface area (Å²) in [6, 6.07) is 12.6. The van der Waals surface area contributed by atoms with Crippen LogP contribution in [0, 0.1) is 39.9 Å². The van der Waals surface area contributed by atoms with E-state index in [1.165, 1.54) is 0 Å². The number of nitriles is 3. The monoisotopic (exact) mass is 349 g/mol. The lowest BCUT2D eigenvalue weighted by Gasteiger charge is -2.32. The summed E-state index contributed by atoms with van der Waals surface area (Å²) in [4.78, 5) is 14.0. The first-order chi connectivity index (χ1) is 12.6. The molecule has 26 heavy (non-hydrogen) atoms. The Balaban J connectivity index is 2.00. The minimum absolute atomic E-state index is 0.0363. The number of rotatable bonds is 5. The zero-order valence-electron chi connectivity index (χ0n) is 14.5. The topological polar surface area (TPSA) is 113 Å². The molecule has 0 saturated carbocycles. The molecule has 2 rings (SSSR count). The number of carbonyl (C=O) groups excluding carboxylic acids is 1. The minimum atomic E-state index is -0.252. The van der Waals surface area contributed by atoms with E-state index in [1.807, 2.05) is 25.1 Å². The van der Waals surface area contributed by atoms with Gasteiger partial charge in [-0.25, -0.2) is 0 Å². The highest BCUT2D eigenvalue weighted by Crippen LogP contribution is 2.25. The van der Waals surface area contributed by atoms with Crippen molar-refractivity contribution < 1.29 is 9.53 Å². The standard InChI is InChI=1S/C19H19N5O2/c1-2-26-19(25)14-7-9-24(10-8-14)17-5-3-16(4-6-17)23-18(13-22)15(11-20)12-21/h3-6,14,23H,2,7-10H2,1H3. The van der Waals surface area contributed by atoms with E-state index in [4.69, 9.17) is 20.5 Å². The SMILES string of the molecule is CCOC(=O)C1CCN(c2ccc(NC(C#N)=C(C#N)C#N)cc2)CC1. The summed E-state index contributed by atoms with van der Waals surface area (Å²) in [5.41, 5.74) is 1.31. The van der Waals surface area contributed by atoms with Gasteiger partial charge in [0.1, 0.15) is 23.9 Å². The van der Waals surface area contributed by atoms with E-state index in [9.17, 15) is 4.79 Å². The predicted octanol–water partition coefficient (Wildman–Crippen LogP) is 2.70. The third-order valence-electron chi connectivity index (χ3n) is 4.20. The molecule has 0 amide bonds. The predicted molar refractivity (Wildman–Crippen MR) is 95.5 cm³/mol. The van der Waals surface area contributed by atoms with Crippen LogP contribution in [0.2, 0.25) is 0 Å². The highest BCUT2D eigenvalue weighted by molar-refractivity contribution is 5.73. The molecule has 1 saturated heterocycles. The van der Waals surface area contributed by atoms with Gasteiger partial charge in [0.25, 0.3) is 0 Å². The molecule has 7 nitrogen and oxygen atoms in total. The van der Waals surface area contributed by atoms with Crippen LogP contribution < -0.4 is 10.2 Å². The fourth-order valence-corrected chi connectivity index (χ4v) is 2.82. The molecule has 0 aromatic heterocycles. The fourth-order valence-electron chi connectivity index (χ4n) is 2.82. The zero-order chi connectivity index (χ0) is 18.9. The maximum Gasteiger partial charge on any atom is 0.309 e. The van der Waals surface area contributed by atoms with Crippen molar-refractivity contribution in [3.63, 3.8) is 0 Å². The van der Waals surface area contributed by atoms with Crippen LogP contribution in [-0.4, -0.2) is 25.7 Å². The van der Waals surface area contributed by atoms with Crippen molar-refractivity contribution in [1.82, 2.24) is 0 Å². The van der Waals surface area contributed by atoms with E-state index >= 15 is 0 Å². The van der Waals surface area contributed by atoms with Crippen LogP contribution in [0.5, 0.6) is 0 Å². The van der Waals surface area contributed by atoms with E-state index < -0.39 is 0 Å². The second kappa shape index (κ2) is 9.11. The summed E-state index contributed by atoms with van der Waals surface area (Å²) < 4.78 is 5.08. The lowest BCUT2D eigenvalue weighted by atomic mass is 9.96. The largest absolute Gasteiger partial charge is 0.466 e. The average molecular weight is 349 g/mol. The van der Waals surface area contributed by atoms with Crippen LogP contribution in [0.25, 0.3) is 0 Å². The molecule has 0 unspecified atom stereocenters. The second-order valence-electron chi connectivity index (χ2n) is 5.77. The molecule has 0 atom stereocenters. The van der Waals surface area contributed by atoms with Crippen LogP contribution in [0.4, 0.5) is 11.4 Å². The van der Waals surface area contributed by atoms with Gasteiger partial charge in [-0.1, -0.05) is 0 Å². The molecule has 1 aromatic carbocycles. The number of nitrogens with one attached hydrogen (secondary N) is 1.